The van der Waals surface area contributed by atoms with Gasteiger partial charge in [0, 0.05) is 0 Å². The standard InChI is InChI=1S/C9H6BrNS/c10-8-6-11-12-9(8)7-4-2-1-3-5-7/h1-6H. The lowest BCUT2D eigenvalue weighted by Crippen LogP contribution is -1.69. The molecule has 1 aromatic carbocycles. The lowest BCUT2D eigenvalue weighted by atomic mass is 10.2. The van der Waals surface area contributed by atoms with Crippen molar-refractivity contribution < 1.29 is 0 Å². The first-order chi connectivity index (χ1) is 5.88. The van der Waals surface area contributed by atoms with E-state index < -0.39 is 0 Å². The Morgan fingerprint density at radius 1 is 1.17 bits per heavy atom. The van der Waals surface area contributed by atoms with Crippen molar-refractivity contribution in [2.75, 3.05) is 0 Å². The maximum atomic E-state index is 4.09. The smallest absolute Gasteiger partial charge is 0.0692 e. The third-order valence-corrected chi connectivity index (χ3v) is 3.28. The van der Waals surface area contributed by atoms with Crippen LogP contribution in [0.15, 0.2) is 41.0 Å². The molecule has 0 atom stereocenters. The van der Waals surface area contributed by atoms with Gasteiger partial charge in [-0.3, -0.25) is 0 Å². The van der Waals surface area contributed by atoms with E-state index in [0.29, 0.717) is 0 Å². The van der Waals surface area contributed by atoms with E-state index >= 15 is 0 Å². The number of halogens is 1. The third-order valence-electron chi connectivity index (χ3n) is 1.56. The highest BCUT2D eigenvalue weighted by Gasteiger charge is 2.03. The summed E-state index contributed by atoms with van der Waals surface area (Å²) in [5.74, 6) is 0. The van der Waals surface area contributed by atoms with Gasteiger partial charge >= 0.3 is 0 Å². The highest BCUT2D eigenvalue weighted by atomic mass is 79.9. The third kappa shape index (κ3) is 1.42. The highest BCUT2D eigenvalue weighted by Crippen LogP contribution is 2.30. The Hall–Kier alpha value is -0.670. The fraction of sp³-hybridized carbons (Fsp3) is 0. The van der Waals surface area contributed by atoms with Gasteiger partial charge in [0.05, 0.1) is 15.5 Å². The van der Waals surface area contributed by atoms with Gasteiger partial charge in [-0.15, -0.1) is 0 Å². The molecular formula is C9H6BrNS. The van der Waals surface area contributed by atoms with Gasteiger partial charge in [-0.25, -0.2) is 0 Å². The predicted octanol–water partition coefficient (Wildman–Crippen LogP) is 3.57. The zero-order valence-corrected chi connectivity index (χ0v) is 8.60. The summed E-state index contributed by atoms with van der Waals surface area (Å²) in [5.41, 5.74) is 1.21. The molecule has 0 unspecified atom stereocenters. The molecule has 2 aromatic rings. The molecule has 0 spiro atoms. The monoisotopic (exact) mass is 239 g/mol. The van der Waals surface area contributed by atoms with Crippen LogP contribution in [0.1, 0.15) is 0 Å². The normalized spacial score (nSPS) is 10.1. The molecule has 1 nitrogen and oxygen atoms in total. The Balaban J connectivity index is 2.51. The van der Waals surface area contributed by atoms with Crippen LogP contribution < -0.4 is 0 Å². The zero-order chi connectivity index (χ0) is 8.39. The maximum Gasteiger partial charge on any atom is 0.0692 e. The average molecular weight is 240 g/mol. The van der Waals surface area contributed by atoms with E-state index in [9.17, 15) is 0 Å². The van der Waals surface area contributed by atoms with Crippen LogP contribution in [-0.4, -0.2) is 4.37 Å². The number of aromatic nitrogens is 1. The minimum Gasteiger partial charge on any atom is -0.199 e. The summed E-state index contributed by atoms with van der Waals surface area (Å²) in [6.45, 7) is 0. The summed E-state index contributed by atoms with van der Waals surface area (Å²) >= 11 is 4.96. The SMILES string of the molecule is Brc1cnsc1-c1ccccc1. The van der Waals surface area contributed by atoms with Crippen LogP contribution in [0, 0.1) is 0 Å². The van der Waals surface area contributed by atoms with E-state index in [1.165, 1.54) is 22.0 Å². The molecule has 0 fully saturated rings. The van der Waals surface area contributed by atoms with Crippen molar-refractivity contribution in [1.82, 2.24) is 4.37 Å². The number of nitrogens with zero attached hydrogens (tertiary/aromatic N) is 1. The minimum absolute atomic E-state index is 1.07. The first kappa shape index (κ1) is 7.95. The van der Waals surface area contributed by atoms with Gasteiger partial charge in [-0.1, -0.05) is 30.3 Å². The van der Waals surface area contributed by atoms with E-state index in [1.807, 2.05) is 24.4 Å². The van der Waals surface area contributed by atoms with Gasteiger partial charge in [0.1, 0.15) is 0 Å². The summed E-state index contributed by atoms with van der Waals surface area (Å²) in [5, 5.41) is 0. The van der Waals surface area contributed by atoms with Gasteiger partial charge < -0.3 is 0 Å². The van der Waals surface area contributed by atoms with E-state index in [4.69, 9.17) is 0 Å². The second-order valence-electron chi connectivity index (χ2n) is 2.37. The van der Waals surface area contributed by atoms with E-state index in [0.717, 1.165) is 4.47 Å². The van der Waals surface area contributed by atoms with E-state index in [-0.39, 0.29) is 0 Å². The molecule has 60 valence electrons. The lowest BCUT2D eigenvalue weighted by molar-refractivity contribution is 1.55. The first-order valence-corrected chi connectivity index (χ1v) is 5.10. The molecule has 12 heavy (non-hydrogen) atoms. The highest BCUT2D eigenvalue weighted by molar-refractivity contribution is 9.10. The topological polar surface area (TPSA) is 12.9 Å². The van der Waals surface area contributed by atoms with Gasteiger partial charge in [0.2, 0.25) is 0 Å². The summed E-state index contributed by atoms with van der Waals surface area (Å²) < 4.78 is 5.16. The molecule has 3 heteroatoms. The number of rotatable bonds is 1. The molecule has 0 aliphatic carbocycles. The predicted molar refractivity (Wildman–Crippen MR) is 55.3 cm³/mol. The van der Waals surface area contributed by atoms with Crippen molar-refractivity contribution in [3.05, 3.63) is 41.0 Å². The molecule has 0 saturated heterocycles. The second-order valence-corrected chi connectivity index (χ2v) is 4.02. The van der Waals surface area contributed by atoms with Gasteiger partial charge in [0.25, 0.3) is 0 Å². The van der Waals surface area contributed by atoms with Gasteiger partial charge in [0.15, 0.2) is 0 Å². The quantitative estimate of drug-likeness (QED) is 0.742. The Bertz CT molecular complexity index is 369. The molecule has 0 saturated carbocycles. The molecule has 2 rings (SSSR count). The minimum atomic E-state index is 1.07. The first-order valence-electron chi connectivity index (χ1n) is 3.53. The van der Waals surface area contributed by atoms with Crippen LogP contribution in [0.2, 0.25) is 0 Å². The van der Waals surface area contributed by atoms with E-state index in [2.05, 4.69) is 32.4 Å². The van der Waals surface area contributed by atoms with Crippen molar-refractivity contribution in [2.24, 2.45) is 0 Å². The maximum absolute atomic E-state index is 4.09. The molecular weight excluding hydrogens is 234 g/mol. The lowest BCUT2D eigenvalue weighted by Gasteiger charge is -1.94. The van der Waals surface area contributed by atoms with Gasteiger partial charge in [-0.05, 0) is 33.0 Å². The van der Waals surface area contributed by atoms with Crippen LogP contribution in [0.5, 0.6) is 0 Å². The Labute approximate surface area is 83.4 Å². The van der Waals surface area contributed by atoms with Crippen LogP contribution in [0.3, 0.4) is 0 Å². The Kier molecular flexibility index (Phi) is 2.23. The molecule has 0 bridgehead atoms. The van der Waals surface area contributed by atoms with Crippen molar-refractivity contribution in [3.8, 4) is 10.4 Å². The molecule has 0 aliphatic rings. The molecule has 0 amide bonds. The van der Waals surface area contributed by atoms with Gasteiger partial charge in [-0.2, -0.15) is 4.37 Å². The summed E-state index contributed by atoms with van der Waals surface area (Å²) in [6.07, 6.45) is 1.83. The average Bonchev–Trinajstić information content (AvgIpc) is 2.53. The molecule has 0 radical (unpaired) electrons. The summed E-state index contributed by atoms with van der Waals surface area (Å²) in [6, 6.07) is 10.2. The van der Waals surface area contributed by atoms with Crippen LogP contribution in [0.25, 0.3) is 10.4 Å². The second kappa shape index (κ2) is 3.37. The van der Waals surface area contributed by atoms with Crippen LogP contribution >= 0.6 is 27.5 Å². The fourth-order valence-corrected chi connectivity index (χ4v) is 2.34. The van der Waals surface area contributed by atoms with Crippen molar-refractivity contribution in [1.29, 1.82) is 0 Å². The van der Waals surface area contributed by atoms with Crippen molar-refractivity contribution in [3.63, 3.8) is 0 Å². The number of hydrogen-bond acceptors (Lipinski definition) is 2. The Morgan fingerprint density at radius 3 is 2.50 bits per heavy atom. The fourth-order valence-electron chi connectivity index (χ4n) is 1.01. The molecule has 1 aromatic heterocycles. The summed E-state index contributed by atoms with van der Waals surface area (Å²) in [7, 11) is 0. The van der Waals surface area contributed by atoms with Crippen LogP contribution in [0.4, 0.5) is 0 Å². The zero-order valence-electron chi connectivity index (χ0n) is 6.20. The van der Waals surface area contributed by atoms with E-state index in [1.54, 1.807) is 0 Å². The largest absolute Gasteiger partial charge is 0.199 e. The van der Waals surface area contributed by atoms with Crippen molar-refractivity contribution in [2.45, 2.75) is 0 Å². The number of benzene rings is 1. The molecule has 1 heterocycles. The molecule has 0 aliphatic heterocycles. The summed E-state index contributed by atoms with van der Waals surface area (Å²) in [4.78, 5) is 1.19. The number of hydrogen-bond donors (Lipinski definition) is 0. The Morgan fingerprint density at radius 2 is 1.92 bits per heavy atom. The van der Waals surface area contributed by atoms with Crippen molar-refractivity contribution >= 4 is 27.5 Å². The molecule has 0 N–H and O–H groups in total. The van der Waals surface area contributed by atoms with Crippen LogP contribution in [-0.2, 0) is 0 Å².